The number of nitrogens with zero attached hydrogens (tertiary/aromatic N) is 1. The minimum Gasteiger partial charge on any atom is -0.342 e. The van der Waals surface area contributed by atoms with Crippen molar-refractivity contribution in [1.29, 1.82) is 0 Å². The average Bonchev–Trinajstić information content (AvgIpc) is 3.18. The van der Waals surface area contributed by atoms with Gasteiger partial charge in [0.25, 0.3) is 0 Å². The quantitative estimate of drug-likeness (QED) is 0.719. The number of hydrogen-bond donors (Lipinski definition) is 1. The predicted octanol–water partition coefficient (Wildman–Crippen LogP) is 5.21. The van der Waals surface area contributed by atoms with Crippen molar-refractivity contribution in [1.82, 2.24) is 9.97 Å². The Hall–Kier alpha value is -0.520. The molecule has 2 nitrogen and oxygen atoms in total. The predicted molar refractivity (Wildman–Crippen MR) is 82.2 cm³/mol. The lowest BCUT2D eigenvalue weighted by Crippen LogP contribution is -1.97. The number of nitrogens with one attached hydrogen (secondary N) is 1. The molecule has 0 aliphatic heterocycles. The van der Waals surface area contributed by atoms with Crippen molar-refractivity contribution < 1.29 is 0 Å². The monoisotopic (exact) mass is 384 g/mol. The van der Waals surface area contributed by atoms with E-state index in [-0.39, 0.29) is 0 Å². The molecular formula is C13H10Br2N2S. The number of hydrogen-bond acceptors (Lipinski definition) is 2. The van der Waals surface area contributed by atoms with Crippen LogP contribution in [0.5, 0.6) is 0 Å². The molecule has 3 rings (SSSR count). The third-order valence-electron chi connectivity index (χ3n) is 2.99. The summed E-state index contributed by atoms with van der Waals surface area (Å²) < 4.78 is 2.64. The maximum atomic E-state index is 5.31. The molecule has 0 atom stereocenters. The van der Waals surface area contributed by atoms with Crippen molar-refractivity contribution in [3.05, 3.63) is 43.5 Å². The molecule has 1 heterocycles. The van der Waals surface area contributed by atoms with Gasteiger partial charge in [-0.3, -0.25) is 0 Å². The van der Waals surface area contributed by atoms with Crippen LogP contribution < -0.4 is 0 Å². The summed E-state index contributed by atoms with van der Waals surface area (Å²) in [5.41, 5.74) is 2.24. The molecule has 0 bridgehead atoms. The van der Waals surface area contributed by atoms with E-state index in [9.17, 15) is 0 Å². The van der Waals surface area contributed by atoms with Crippen molar-refractivity contribution in [2.75, 3.05) is 0 Å². The molecule has 92 valence electrons. The fourth-order valence-electron chi connectivity index (χ4n) is 1.87. The van der Waals surface area contributed by atoms with Gasteiger partial charge in [-0.15, -0.1) is 0 Å². The van der Waals surface area contributed by atoms with E-state index >= 15 is 0 Å². The van der Waals surface area contributed by atoms with Gasteiger partial charge in [-0.25, -0.2) is 4.98 Å². The van der Waals surface area contributed by atoms with E-state index in [0.29, 0.717) is 10.6 Å². The normalized spacial score (nSPS) is 14.8. The Bertz CT molecular complexity index is 645. The zero-order valence-corrected chi connectivity index (χ0v) is 13.4. The van der Waals surface area contributed by atoms with Gasteiger partial charge in [0.15, 0.2) is 0 Å². The zero-order valence-electron chi connectivity index (χ0n) is 9.41. The summed E-state index contributed by atoms with van der Waals surface area (Å²) in [6, 6.07) is 8.07. The number of aromatic amines is 1. The molecule has 18 heavy (non-hydrogen) atoms. The first-order chi connectivity index (χ1) is 8.65. The highest BCUT2D eigenvalue weighted by Crippen LogP contribution is 2.42. The number of rotatable bonds is 2. The Balaban J connectivity index is 2.12. The first-order valence-corrected chi connectivity index (χ1v) is 7.70. The third-order valence-corrected chi connectivity index (χ3v) is 4.88. The van der Waals surface area contributed by atoms with Crippen LogP contribution >= 0.6 is 44.1 Å². The van der Waals surface area contributed by atoms with Crippen LogP contribution in [0.2, 0.25) is 0 Å². The molecule has 0 radical (unpaired) electrons. The molecule has 0 spiro atoms. The van der Waals surface area contributed by atoms with Crippen LogP contribution in [-0.2, 0) is 0 Å². The van der Waals surface area contributed by atoms with E-state index < -0.39 is 0 Å². The fraction of sp³-hybridized carbons (Fsp3) is 0.231. The van der Waals surface area contributed by atoms with Gasteiger partial charge in [-0.2, -0.15) is 0 Å². The van der Waals surface area contributed by atoms with Crippen molar-refractivity contribution >= 4 is 44.1 Å². The van der Waals surface area contributed by atoms with Crippen LogP contribution in [-0.4, -0.2) is 9.97 Å². The molecular weight excluding hydrogens is 376 g/mol. The van der Waals surface area contributed by atoms with E-state index in [1.165, 1.54) is 18.5 Å². The van der Waals surface area contributed by atoms with Crippen LogP contribution in [0, 0.1) is 4.64 Å². The summed E-state index contributed by atoms with van der Waals surface area (Å²) >= 11 is 12.3. The summed E-state index contributed by atoms with van der Waals surface area (Å²) in [5.74, 6) is 1.45. The highest BCUT2D eigenvalue weighted by Gasteiger charge is 2.27. The van der Waals surface area contributed by atoms with Gasteiger partial charge in [-0.1, -0.05) is 40.3 Å². The Morgan fingerprint density at radius 3 is 2.44 bits per heavy atom. The summed E-state index contributed by atoms with van der Waals surface area (Å²) in [5, 5.41) is 0. The highest BCUT2D eigenvalue weighted by atomic mass is 79.9. The second-order valence-corrected chi connectivity index (χ2v) is 6.49. The topological polar surface area (TPSA) is 28.7 Å². The third kappa shape index (κ3) is 2.44. The summed E-state index contributed by atoms with van der Waals surface area (Å²) in [4.78, 5) is 7.85. The van der Waals surface area contributed by atoms with Crippen molar-refractivity contribution in [2.24, 2.45) is 0 Å². The van der Waals surface area contributed by atoms with E-state index in [1.807, 2.05) is 24.3 Å². The van der Waals surface area contributed by atoms with Crippen LogP contribution in [0.4, 0.5) is 0 Å². The lowest BCUT2D eigenvalue weighted by atomic mass is 10.2. The molecule has 2 aromatic rings. The molecule has 1 aromatic heterocycles. The first kappa shape index (κ1) is 12.5. The van der Waals surface area contributed by atoms with Gasteiger partial charge in [-0.05, 0) is 40.9 Å². The second kappa shape index (κ2) is 4.87. The molecule has 0 unspecified atom stereocenters. The van der Waals surface area contributed by atoms with Crippen LogP contribution in [0.25, 0.3) is 11.4 Å². The number of halogens is 2. The molecule has 1 N–H and O–H groups in total. The van der Waals surface area contributed by atoms with Crippen molar-refractivity contribution in [2.45, 2.75) is 18.8 Å². The average molecular weight is 386 g/mol. The summed E-state index contributed by atoms with van der Waals surface area (Å²) in [6.45, 7) is 0. The molecule has 1 aliphatic carbocycles. The maximum absolute atomic E-state index is 5.31. The largest absolute Gasteiger partial charge is 0.342 e. The van der Waals surface area contributed by atoms with E-state index in [4.69, 9.17) is 12.2 Å². The molecule has 1 aliphatic rings. The molecule has 1 saturated carbocycles. The second-order valence-electron chi connectivity index (χ2n) is 4.40. The zero-order chi connectivity index (χ0) is 12.7. The maximum Gasteiger partial charge on any atom is 0.144 e. The number of H-pyrrole nitrogens is 1. The lowest BCUT2D eigenvalue weighted by molar-refractivity contribution is 0.973. The van der Waals surface area contributed by atoms with Crippen LogP contribution in [0.1, 0.15) is 24.5 Å². The number of aromatic nitrogens is 2. The van der Waals surface area contributed by atoms with E-state index in [1.54, 1.807) is 0 Å². The minimum absolute atomic E-state index is 0.610. The molecule has 0 amide bonds. The SMILES string of the molecule is S=c1nc(-c2ccc(Br)cc2)[nH]c(C2CC2)c1Br. The van der Waals surface area contributed by atoms with Crippen LogP contribution in [0.3, 0.4) is 0 Å². The van der Waals surface area contributed by atoms with Gasteiger partial charge in [0.2, 0.25) is 0 Å². The Morgan fingerprint density at radius 1 is 1.17 bits per heavy atom. The Morgan fingerprint density at radius 2 is 1.83 bits per heavy atom. The molecule has 1 aromatic carbocycles. The van der Waals surface area contributed by atoms with Gasteiger partial charge in [0, 0.05) is 21.6 Å². The number of benzene rings is 1. The van der Waals surface area contributed by atoms with Gasteiger partial charge >= 0.3 is 0 Å². The minimum atomic E-state index is 0.610. The van der Waals surface area contributed by atoms with Crippen LogP contribution in [0.15, 0.2) is 33.2 Å². The highest BCUT2D eigenvalue weighted by molar-refractivity contribution is 9.10. The fourth-order valence-corrected chi connectivity index (χ4v) is 2.85. The van der Waals surface area contributed by atoms with Crippen molar-refractivity contribution in [3.8, 4) is 11.4 Å². The van der Waals surface area contributed by atoms with Gasteiger partial charge < -0.3 is 4.98 Å². The molecule has 1 fully saturated rings. The van der Waals surface area contributed by atoms with Gasteiger partial charge in [0.1, 0.15) is 10.5 Å². The smallest absolute Gasteiger partial charge is 0.144 e. The molecule has 5 heteroatoms. The summed E-state index contributed by atoms with van der Waals surface area (Å²) in [6.07, 6.45) is 2.46. The molecule has 0 saturated heterocycles. The first-order valence-electron chi connectivity index (χ1n) is 5.71. The van der Waals surface area contributed by atoms with E-state index in [2.05, 4.69) is 41.8 Å². The van der Waals surface area contributed by atoms with E-state index in [0.717, 1.165) is 20.3 Å². The van der Waals surface area contributed by atoms with Crippen molar-refractivity contribution in [3.63, 3.8) is 0 Å². The Kier molecular flexibility index (Phi) is 3.38. The van der Waals surface area contributed by atoms with Gasteiger partial charge in [0.05, 0.1) is 4.47 Å². The standard InChI is InChI=1S/C13H10Br2N2S/c14-9-5-3-8(4-6-9)12-16-11(7-1-2-7)10(15)13(18)17-12/h3-7H,1-2H2,(H,16,17,18). The Labute approximate surface area is 127 Å². The lowest BCUT2D eigenvalue weighted by Gasteiger charge is -2.07. The summed E-state index contributed by atoms with van der Waals surface area (Å²) in [7, 11) is 0.